The standard InChI is InChI=1S/C15H21N3/c1-5-8-18-14-7-6-12(10(2)3)9-13(14)17-15(18)11(4)16/h5-7,9-11H,1,8,16H2,2-4H3. The van der Waals surface area contributed by atoms with Crippen LogP contribution in [0.2, 0.25) is 0 Å². The van der Waals surface area contributed by atoms with Gasteiger partial charge in [-0.25, -0.2) is 4.98 Å². The van der Waals surface area contributed by atoms with Crippen molar-refractivity contribution in [2.75, 3.05) is 0 Å². The van der Waals surface area contributed by atoms with Gasteiger partial charge in [0.25, 0.3) is 0 Å². The number of imidazole rings is 1. The van der Waals surface area contributed by atoms with Crippen LogP contribution in [0.15, 0.2) is 30.9 Å². The number of nitrogens with two attached hydrogens (primary N) is 1. The summed E-state index contributed by atoms with van der Waals surface area (Å²) in [4.78, 5) is 4.66. The molecule has 0 bridgehead atoms. The summed E-state index contributed by atoms with van der Waals surface area (Å²) in [6, 6.07) is 6.39. The van der Waals surface area contributed by atoms with Gasteiger partial charge in [-0.3, -0.25) is 0 Å². The number of nitrogens with zero attached hydrogens (tertiary/aromatic N) is 2. The maximum atomic E-state index is 5.99. The van der Waals surface area contributed by atoms with E-state index in [-0.39, 0.29) is 6.04 Å². The van der Waals surface area contributed by atoms with Crippen molar-refractivity contribution in [2.45, 2.75) is 39.3 Å². The molecular weight excluding hydrogens is 222 g/mol. The largest absolute Gasteiger partial charge is 0.323 e. The molecule has 2 N–H and O–H groups in total. The van der Waals surface area contributed by atoms with Crippen molar-refractivity contribution in [3.63, 3.8) is 0 Å². The van der Waals surface area contributed by atoms with Gasteiger partial charge >= 0.3 is 0 Å². The van der Waals surface area contributed by atoms with Gasteiger partial charge in [0.2, 0.25) is 0 Å². The summed E-state index contributed by atoms with van der Waals surface area (Å²) in [5.41, 5.74) is 9.45. The number of aromatic nitrogens is 2. The lowest BCUT2D eigenvalue weighted by Crippen LogP contribution is -2.13. The maximum Gasteiger partial charge on any atom is 0.126 e. The van der Waals surface area contributed by atoms with Gasteiger partial charge < -0.3 is 10.3 Å². The van der Waals surface area contributed by atoms with Crippen LogP contribution in [0.25, 0.3) is 11.0 Å². The lowest BCUT2D eigenvalue weighted by Gasteiger charge is -2.09. The van der Waals surface area contributed by atoms with Crippen molar-refractivity contribution in [3.8, 4) is 0 Å². The monoisotopic (exact) mass is 243 g/mol. The molecule has 0 radical (unpaired) electrons. The smallest absolute Gasteiger partial charge is 0.126 e. The van der Waals surface area contributed by atoms with Gasteiger partial charge in [-0.2, -0.15) is 0 Å². The number of hydrogen-bond acceptors (Lipinski definition) is 2. The van der Waals surface area contributed by atoms with Crippen molar-refractivity contribution in [1.29, 1.82) is 0 Å². The van der Waals surface area contributed by atoms with E-state index in [0.717, 1.165) is 23.4 Å². The summed E-state index contributed by atoms with van der Waals surface area (Å²) >= 11 is 0. The van der Waals surface area contributed by atoms with Gasteiger partial charge in [0.1, 0.15) is 5.82 Å². The summed E-state index contributed by atoms with van der Waals surface area (Å²) in [6.45, 7) is 10.9. The average Bonchev–Trinajstić information content (AvgIpc) is 2.68. The predicted octanol–water partition coefficient (Wildman–Crippen LogP) is 3.37. The second-order valence-corrected chi connectivity index (χ2v) is 5.06. The van der Waals surface area contributed by atoms with Crippen LogP contribution in [0.4, 0.5) is 0 Å². The maximum absolute atomic E-state index is 5.99. The third-order valence-electron chi connectivity index (χ3n) is 3.19. The molecule has 2 aromatic rings. The number of hydrogen-bond donors (Lipinski definition) is 1. The summed E-state index contributed by atoms with van der Waals surface area (Å²) < 4.78 is 2.14. The average molecular weight is 243 g/mol. The summed E-state index contributed by atoms with van der Waals surface area (Å²) in [6.07, 6.45) is 1.88. The zero-order valence-corrected chi connectivity index (χ0v) is 11.4. The molecule has 0 saturated heterocycles. The molecule has 0 spiro atoms. The van der Waals surface area contributed by atoms with Crippen LogP contribution < -0.4 is 5.73 Å². The first kappa shape index (κ1) is 12.8. The molecule has 1 aromatic heterocycles. The van der Waals surface area contributed by atoms with Crippen LogP contribution in [-0.2, 0) is 6.54 Å². The van der Waals surface area contributed by atoms with Crippen LogP contribution in [0.3, 0.4) is 0 Å². The molecule has 0 fully saturated rings. The van der Waals surface area contributed by atoms with Crippen molar-refractivity contribution in [1.82, 2.24) is 9.55 Å². The van der Waals surface area contributed by atoms with Crippen LogP contribution in [0.1, 0.15) is 44.1 Å². The van der Waals surface area contributed by atoms with Gasteiger partial charge in [-0.15, -0.1) is 6.58 Å². The molecule has 0 aliphatic rings. The first-order chi connectivity index (χ1) is 8.54. The minimum atomic E-state index is -0.0696. The van der Waals surface area contributed by atoms with E-state index in [4.69, 9.17) is 5.73 Å². The molecule has 0 amide bonds. The molecule has 1 unspecified atom stereocenters. The lowest BCUT2D eigenvalue weighted by atomic mass is 10.0. The zero-order chi connectivity index (χ0) is 13.3. The van der Waals surface area contributed by atoms with Crippen molar-refractivity contribution < 1.29 is 0 Å². The van der Waals surface area contributed by atoms with E-state index < -0.39 is 0 Å². The highest BCUT2D eigenvalue weighted by atomic mass is 15.1. The highest BCUT2D eigenvalue weighted by molar-refractivity contribution is 5.77. The number of rotatable bonds is 4. The number of benzene rings is 1. The fourth-order valence-electron chi connectivity index (χ4n) is 2.19. The molecule has 1 atom stereocenters. The molecule has 96 valence electrons. The van der Waals surface area contributed by atoms with E-state index in [0.29, 0.717) is 5.92 Å². The first-order valence-electron chi connectivity index (χ1n) is 6.41. The van der Waals surface area contributed by atoms with Gasteiger partial charge in [0, 0.05) is 6.54 Å². The summed E-state index contributed by atoms with van der Waals surface area (Å²) in [5.74, 6) is 1.43. The van der Waals surface area contributed by atoms with E-state index in [1.807, 2.05) is 13.0 Å². The predicted molar refractivity (Wildman–Crippen MR) is 76.6 cm³/mol. The minimum absolute atomic E-state index is 0.0696. The van der Waals surface area contributed by atoms with E-state index in [1.165, 1.54) is 5.56 Å². The van der Waals surface area contributed by atoms with E-state index in [2.05, 4.69) is 48.2 Å². The van der Waals surface area contributed by atoms with E-state index in [1.54, 1.807) is 0 Å². The van der Waals surface area contributed by atoms with Crippen LogP contribution >= 0.6 is 0 Å². The minimum Gasteiger partial charge on any atom is -0.323 e. The number of fused-ring (bicyclic) bond motifs is 1. The highest BCUT2D eigenvalue weighted by Crippen LogP contribution is 2.24. The Morgan fingerprint density at radius 1 is 1.39 bits per heavy atom. The van der Waals surface area contributed by atoms with E-state index in [9.17, 15) is 0 Å². The van der Waals surface area contributed by atoms with Gasteiger partial charge in [-0.05, 0) is 30.5 Å². The molecule has 1 aromatic carbocycles. The molecule has 3 heteroatoms. The Labute approximate surface area is 108 Å². The zero-order valence-electron chi connectivity index (χ0n) is 11.4. The molecule has 18 heavy (non-hydrogen) atoms. The Bertz CT molecular complexity index is 564. The second-order valence-electron chi connectivity index (χ2n) is 5.06. The van der Waals surface area contributed by atoms with Crippen LogP contribution in [-0.4, -0.2) is 9.55 Å². The molecular formula is C15H21N3. The first-order valence-corrected chi connectivity index (χ1v) is 6.41. The fourth-order valence-corrected chi connectivity index (χ4v) is 2.19. The molecule has 1 heterocycles. The molecule has 0 aliphatic carbocycles. The quantitative estimate of drug-likeness (QED) is 0.837. The Balaban J connectivity index is 2.64. The third-order valence-corrected chi connectivity index (χ3v) is 3.19. The SMILES string of the molecule is C=CCn1c(C(C)N)nc2cc(C(C)C)ccc21. The normalized spacial score (nSPS) is 13.2. The summed E-state index contributed by atoms with van der Waals surface area (Å²) in [7, 11) is 0. The summed E-state index contributed by atoms with van der Waals surface area (Å²) in [5, 5.41) is 0. The Morgan fingerprint density at radius 2 is 2.11 bits per heavy atom. The lowest BCUT2D eigenvalue weighted by molar-refractivity contribution is 0.671. The molecule has 2 rings (SSSR count). The van der Waals surface area contributed by atoms with Gasteiger partial charge in [0.15, 0.2) is 0 Å². The van der Waals surface area contributed by atoms with Gasteiger partial charge in [0.05, 0.1) is 17.1 Å². The Hall–Kier alpha value is -1.61. The van der Waals surface area contributed by atoms with Crippen LogP contribution in [0, 0.1) is 0 Å². The second kappa shape index (κ2) is 4.94. The van der Waals surface area contributed by atoms with E-state index >= 15 is 0 Å². The fraction of sp³-hybridized carbons (Fsp3) is 0.400. The third kappa shape index (κ3) is 2.18. The molecule has 3 nitrogen and oxygen atoms in total. The molecule has 0 saturated carbocycles. The van der Waals surface area contributed by atoms with Gasteiger partial charge in [-0.1, -0.05) is 26.0 Å². The Morgan fingerprint density at radius 3 is 2.67 bits per heavy atom. The van der Waals surface area contributed by atoms with Crippen molar-refractivity contribution in [3.05, 3.63) is 42.2 Å². The Kier molecular flexibility index (Phi) is 3.53. The van der Waals surface area contributed by atoms with Crippen LogP contribution in [0.5, 0.6) is 0 Å². The topological polar surface area (TPSA) is 43.8 Å². The highest BCUT2D eigenvalue weighted by Gasteiger charge is 2.13. The molecule has 0 aliphatic heterocycles. The number of allylic oxidation sites excluding steroid dienone is 1. The van der Waals surface area contributed by atoms with Crippen molar-refractivity contribution in [2.24, 2.45) is 5.73 Å². The van der Waals surface area contributed by atoms with Crippen molar-refractivity contribution >= 4 is 11.0 Å².